The minimum atomic E-state index is 0.569. The van der Waals surface area contributed by atoms with Crippen LogP contribution in [0.1, 0.15) is 18.9 Å². The topological polar surface area (TPSA) is 24.5 Å². The predicted octanol–water partition coefficient (Wildman–Crippen LogP) is 3.43. The molecule has 0 aliphatic heterocycles. The molecule has 0 fully saturated rings. The number of rotatable bonds is 8. The molecule has 0 saturated heterocycles. The molecule has 1 aromatic rings. The quantitative estimate of drug-likeness (QED) is 0.745. The van der Waals surface area contributed by atoms with E-state index in [1.807, 2.05) is 13.0 Å². The highest BCUT2D eigenvalue weighted by atomic mass is 35.5. The van der Waals surface area contributed by atoms with E-state index in [1.165, 1.54) is 0 Å². The lowest BCUT2D eigenvalue weighted by atomic mass is 10.2. The van der Waals surface area contributed by atoms with Gasteiger partial charge in [0.25, 0.3) is 0 Å². The number of benzene rings is 1. The first-order valence-corrected chi connectivity index (χ1v) is 7.26. The lowest BCUT2D eigenvalue weighted by Gasteiger charge is -2.14. The van der Waals surface area contributed by atoms with Crippen molar-refractivity contribution in [1.29, 1.82) is 0 Å². The van der Waals surface area contributed by atoms with Crippen molar-refractivity contribution in [3.05, 3.63) is 27.7 Å². The Kier molecular flexibility index (Phi) is 7.54. The monoisotopic (exact) mass is 304 g/mol. The highest BCUT2D eigenvalue weighted by molar-refractivity contribution is 6.35. The third-order valence-electron chi connectivity index (χ3n) is 2.65. The lowest BCUT2D eigenvalue weighted by Crippen LogP contribution is -2.21. The largest absolute Gasteiger partial charge is 0.492 e. The molecule has 1 N–H and O–H groups in total. The SMILES string of the molecule is CCOc1c(Cl)cc(Cl)cc1CNCCCN(C)C. The van der Waals surface area contributed by atoms with Gasteiger partial charge in [-0.2, -0.15) is 0 Å². The summed E-state index contributed by atoms with van der Waals surface area (Å²) < 4.78 is 5.58. The first-order valence-electron chi connectivity index (χ1n) is 6.50. The summed E-state index contributed by atoms with van der Waals surface area (Å²) in [4.78, 5) is 2.17. The van der Waals surface area contributed by atoms with Crippen molar-refractivity contribution in [1.82, 2.24) is 10.2 Å². The van der Waals surface area contributed by atoms with Gasteiger partial charge in [0.2, 0.25) is 0 Å². The molecule has 3 nitrogen and oxygen atoms in total. The Morgan fingerprint density at radius 3 is 2.63 bits per heavy atom. The van der Waals surface area contributed by atoms with Crippen LogP contribution >= 0.6 is 23.2 Å². The van der Waals surface area contributed by atoms with Gasteiger partial charge in [-0.05, 0) is 52.7 Å². The van der Waals surface area contributed by atoms with Gasteiger partial charge in [0.1, 0.15) is 5.75 Å². The Hall–Kier alpha value is -0.480. The fraction of sp³-hybridized carbons (Fsp3) is 0.571. The van der Waals surface area contributed by atoms with Crippen molar-refractivity contribution in [2.75, 3.05) is 33.8 Å². The molecule has 0 unspecified atom stereocenters. The van der Waals surface area contributed by atoms with Crippen LogP contribution < -0.4 is 10.1 Å². The maximum Gasteiger partial charge on any atom is 0.142 e. The zero-order chi connectivity index (χ0) is 14.3. The van der Waals surface area contributed by atoms with Crippen LogP contribution in [0.5, 0.6) is 5.75 Å². The first kappa shape index (κ1) is 16.6. The smallest absolute Gasteiger partial charge is 0.142 e. The maximum absolute atomic E-state index is 6.15. The fourth-order valence-corrected chi connectivity index (χ4v) is 2.38. The molecule has 5 heteroatoms. The summed E-state index contributed by atoms with van der Waals surface area (Å²) in [5.41, 5.74) is 1.00. The Balaban J connectivity index is 2.56. The van der Waals surface area contributed by atoms with E-state index in [4.69, 9.17) is 27.9 Å². The molecule has 0 aliphatic rings. The van der Waals surface area contributed by atoms with Crippen molar-refractivity contribution in [2.45, 2.75) is 19.9 Å². The van der Waals surface area contributed by atoms with Crippen LogP contribution in [-0.2, 0) is 6.54 Å². The minimum Gasteiger partial charge on any atom is -0.492 e. The van der Waals surface area contributed by atoms with E-state index in [0.717, 1.165) is 30.8 Å². The van der Waals surface area contributed by atoms with Crippen molar-refractivity contribution < 1.29 is 4.74 Å². The molecule has 0 saturated carbocycles. The van der Waals surface area contributed by atoms with E-state index in [9.17, 15) is 0 Å². The van der Waals surface area contributed by atoms with Gasteiger partial charge in [0.15, 0.2) is 0 Å². The summed E-state index contributed by atoms with van der Waals surface area (Å²) in [6.45, 7) is 5.27. The van der Waals surface area contributed by atoms with Gasteiger partial charge in [-0.15, -0.1) is 0 Å². The van der Waals surface area contributed by atoms with Crippen LogP contribution in [0.4, 0.5) is 0 Å². The first-order chi connectivity index (χ1) is 9.04. The molecule has 0 aromatic heterocycles. The molecule has 1 aromatic carbocycles. The zero-order valence-corrected chi connectivity index (χ0v) is 13.3. The van der Waals surface area contributed by atoms with Crippen molar-refractivity contribution in [2.24, 2.45) is 0 Å². The summed E-state index contributed by atoms with van der Waals surface area (Å²) in [6, 6.07) is 3.61. The highest BCUT2D eigenvalue weighted by Gasteiger charge is 2.10. The Morgan fingerprint density at radius 1 is 1.26 bits per heavy atom. The zero-order valence-electron chi connectivity index (χ0n) is 11.8. The molecule has 0 amide bonds. The average Bonchev–Trinajstić information content (AvgIpc) is 2.32. The fourth-order valence-electron chi connectivity index (χ4n) is 1.79. The number of halogens is 2. The van der Waals surface area contributed by atoms with Gasteiger partial charge in [-0.3, -0.25) is 0 Å². The minimum absolute atomic E-state index is 0.569. The van der Waals surface area contributed by atoms with Gasteiger partial charge in [0, 0.05) is 17.1 Å². The van der Waals surface area contributed by atoms with Crippen molar-refractivity contribution >= 4 is 23.2 Å². The molecule has 0 radical (unpaired) electrons. The molecule has 0 bridgehead atoms. The Morgan fingerprint density at radius 2 is 2.00 bits per heavy atom. The number of hydrogen-bond donors (Lipinski definition) is 1. The number of hydrogen-bond acceptors (Lipinski definition) is 3. The van der Waals surface area contributed by atoms with Crippen LogP contribution in [0.25, 0.3) is 0 Å². The number of nitrogens with zero attached hydrogens (tertiary/aromatic N) is 1. The third-order valence-corrected chi connectivity index (χ3v) is 3.15. The van der Waals surface area contributed by atoms with E-state index < -0.39 is 0 Å². The molecule has 19 heavy (non-hydrogen) atoms. The summed E-state index contributed by atoms with van der Waals surface area (Å²) in [5, 5.41) is 4.59. The molecule has 0 aliphatic carbocycles. The van der Waals surface area contributed by atoms with Crippen molar-refractivity contribution in [3.63, 3.8) is 0 Å². The van der Waals surface area contributed by atoms with E-state index in [1.54, 1.807) is 6.07 Å². The standard InChI is InChI=1S/C14H22Cl2N2O/c1-4-19-14-11(8-12(15)9-13(14)16)10-17-6-5-7-18(2)3/h8-9,17H,4-7,10H2,1-3H3. The summed E-state index contributed by atoms with van der Waals surface area (Å²) in [7, 11) is 4.15. The second kappa shape index (κ2) is 8.64. The van der Waals surface area contributed by atoms with E-state index in [0.29, 0.717) is 23.2 Å². The van der Waals surface area contributed by atoms with Gasteiger partial charge >= 0.3 is 0 Å². The molecular formula is C14H22Cl2N2O. The van der Waals surface area contributed by atoms with Crippen LogP contribution in [0.3, 0.4) is 0 Å². The molecule has 108 valence electrons. The third kappa shape index (κ3) is 6.00. The van der Waals surface area contributed by atoms with E-state index in [-0.39, 0.29) is 0 Å². The van der Waals surface area contributed by atoms with Crippen molar-refractivity contribution in [3.8, 4) is 5.75 Å². The highest BCUT2D eigenvalue weighted by Crippen LogP contribution is 2.32. The van der Waals surface area contributed by atoms with E-state index in [2.05, 4.69) is 24.3 Å². The second-order valence-electron chi connectivity index (χ2n) is 4.64. The Bertz CT molecular complexity index is 397. The molecule has 0 spiro atoms. The molecular weight excluding hydrogens is 283 g/mol. The van der Waals surface area contributed by atoms with Crippen LogP contribution in [0.15, 0.2) is 12.1 Å². The summed E-state index contributed by atoms with van der Waals surface area (Å²) in [5.74, 6) is 0.730. The maximum atomic E-state index is 6.15. The van der Waals surface area contributed by atoms with Gasteiger partial charge < -0.3 is 15.0 Å². The van der Waals surface area contributed by atoms with Gasteiger partial charge in [-0.25, -0.2) is 0 Å². The van der Waals surface area contributed by atoms with Gasteiger partial charge in [-0.1, -0.05) is 23.2 Å². The average molecular weight is 305 g/mol. The second-order valence-corrected chi connectivity index (χ2v) is 5.49. The molecule has 1 rings (SSSR count). The van der Waals surface area contributed by atoms with E-state index >= 15 is 0 Å². The van der Waals surface area contributed by atoms with Crippen LogP contribution in [-0.4, -0.2) is 38.7 Å². The lowest BCUT2D eigenvalue weighted by molar-refractivity contribution is 0.335. The molecule has 0 heterocycles. The Labute approximate surface area is 125 Å². The summed E-state index contributed by atoms with van der Waals surface area (Å²) in [6.07, 6.45) is 1.10. The van der Waals surface area contributed by atoms with Crippen LogP contribution in [0, 0.1) is 0 Å². The number of nitrogens with one attached hydrogen (secondary N) is 1. The molecule has 0 atom stereocenters. The summed E-state index contributed by atoms with van der Waals surface area (Å²) >= 11 is 12.2. The predicted molar refractivity (Wildman–Crippen MR) is 82.5 cm³/mol. The van der Waals surface area contributed by atoms with Crippen LogP contribution in [0.2, 0.25) is 10.0 Å². The van der Waals surface area contributed by atoms with Gasteiger partial charge in [0.05, 0.1) is 11.6 Å². The normalized spacial score (nSPS) is 11.1. The number of ether oxygens (including phenoxy) is 1.